The van der Waals surface area contributed by atoms with Crippen LogP contribution in [0, 0.1) is 0 Å². The molecule has 0 unspecified atom stereocenters. The summed E-state index contributed by atoms with van der Waals surface area (Å²) in [4.78, 5) is 6.75. The number of primary sulfonamides is 1. The number of rotatable bonds is 3. The van der Waals surface area contributed by atoms with Gasteiger partial charge in [-0.05, 0) is 18.2 Å². The highest BCUT2D eigenvalue weighted by atomic mass is 32.2. The minimum atomic E-state index is -3.93. The van der Waals surface area contributed by atoms with Crippen LogP contribution in [0.3, 0.4) is 0 Å². The van der Waals surface area contributed by atoms with E-state index in [0.717, 1.165) is 0 Å². The number of H-pyrrole nitrogens is 1. The molecule has 0 fully saturated rings. The summed E-state index contributed by atoms with van der Waals surface area (Å²) >= 11 is 0. The number of aromatic nitrogens is 2. The van der Waals surface area contributed by atoms with Crippen molar-refractivity contribution in [1.82, 2.24) is 9.97 Å². The van der Waals surface area contributed by atoms with Crippen LogP contribution in [-0.2, 0) is 10.0 Å². The highest BCUT2D eigenvalue weighted by Gasteiger charge is 2.20. The number of hydrogen-bond acceptors (Lipinski definition) is 5. The van der Waals surface area contributed by atoms with Crippen LogP contribution in [0.2, 0.25) is 0 Å². The fourth-order valence-electron chi connectivity index (χ4n) is 1.92. The van der Waals surface area contributed by atoms with E-state index in [4.69, 9.17) is 5.14 Å². The van der Waals surface area contributed by atoms with E-state index in [2.05, 4.69) is 20.2 Å². The molecule has 1 aromatic carbocycles. The molecular formula is C13H11N5O2S. The first-order valence-electron chi connectivity index (χ1n) is 6.02. The van der Waals surface area contributed by atoms with Gasteiger partial charge < -0.3 is 4.98 Å². The Morgan fingerprint density at radius 1 is 1.05 bits per heavy atom. The third-order valence-corrected chi connectivity index (χ3v) is 3.70. The number of hydrogen-bond donors (Lipinski definition) is 2. The van der Waals surface area contributed by atoms with E-state index in [1.165, 1.54) is 0 Å². The standard InChI is InChI=1S/C13H11N5O2S/c14-21(19,20)13-12(9-5-1-2-6-10(9)16-13)18-17-11-7-3-4-8-15-11/h1-8,16H,(H2,14,19,20). The third kappa shape index (κ3) is 2.67. The number of fused-ring (bicyclic) bond motifs is 1. The van der Waals surface area contributed by atoms with E-state index in [-0.39, 0.29) is 10.7 Å². The Kier molecular flexibility index (Phi) is 3.24. The predicted molar refractivity (Wildman–Crippen MR) is 78.1 cm³/mol. The Bertz CT molecular complexity index is 916. The molecule has 2 aromatic heterocycles. The fraction of sp³-hybridized carbons (Fsp3) is 0. The molecule has 0 atom stereocenters. The lowest BCUT2D eigenvalue weighted by Gasteiger charge is -1.95. The molecule has 8 heteroatoms. The number of para-hydroxylation sites is 1. The molecule has 2 heterocycles. The molecular weight excluding hydrogens is 290 g/mol. The van der Waals surface area contributed by atoms with Crippen molar-refractivity contribution in [3.05, 3.63) is 48.7 Å². The number of azo groups is 1. The van der Waals surface area contributed by atoms with Gasteiger partial charge in [0.15, 0.2) is 10.8 Å². The van der Waals surface area contributed by atoms with E-state index < -0.39 is 10.0 Å². The van der Waals surface area contributed by atoms with Crippen molar-refractivity contribution in [2.75, 3.05) is 0 Å². The molecule has 3 rings (SSSR count). The van der Waals surface area contributed by atoms with Gasteiger partial charge in [-0.1, -0.05) is 24.3 Å². The van der Waals surface area contributed by atoms with Gasteiger partial charge in [-0.15, -0.1) is 10.2 Å². The number of benzene rings is 1. The Morgan fingerprint density at radius 2 is 1.81 bits per heavy atom. The first-order valence-corrected chi connectivity index (χ1v) is 7.56. The normalized spacial score (nSPS) is 12.2. The van der Waals surface area contributed by atoms with Crippen LogP contribution in [0.25, 0.3) is 10.9 Å². The summed E-state index contributed by atoms with van der Waals surface area (Å²) in [6.07, 6.45) is 1.57. The zero-order valence-electron chi connectivity index (χ0n) is 10.8. The van der Waals surface area contributed by atoms with Crippen LogP contribution in [0.5, 0.6) is 0 Å². The van der Waals surface area contributed by atoms with Crippen molar-refractivity contribution in [2.45, 2.75) is 5.03 Å². The topological polar surface area (TPSA) is 114 Å². The number of nitrogens with one attached hydrogen (secondary N) is 1. The summed E-state index contributed by atoms with van der Waals surface area (Å²) < 4.78 is 23.3. The zero-order chi connectivity index (χ0) is 14.9. The van der Waals surface area contributed by atoms with E-state index in [1.807, 2.05) is 0 Å². The largest absolute Gasteiger partial charge is 0.343 e. The van der Waals surface area contributed by atoms with Gasteiger partial charge in [0.2, 0.25) is 0 Å². The second-order valence-electron chi connectivity index (χ2n) is 4.28. The molecule has 0 aliphatic heterocycles. The molecule has 0 spiro atoms. The van der Waals surface area contributed by atoms with Crippen LogP contribution in [0.4, 0.5) is 11.5 Å². The third-order valence-electron chi connectivity index (χ3n) is 2.83. The molecule has 0 saturated carbocycles. The van der Waals surface area contributed by atoms with Crippen LogP contribution < -0.4 is 5.14 Å². The average molecular weight is 301 g/mol. The summed E-state index contributed by atoms with van der Waals surface area (Å²) in [6.45, 7) is 0. The molecule has 0 aliphatic rings. The van der Waals surface area contributed by atoms with Gasteiger partial charge in [0.25, 0.3) is 10.0 Å². The summed E-state index contributed by atoms with van der Waals surface area (Å²) in [5.41, 5.74) is 0.801. The summed E-state index contributed by atoms with van der Waals surface area (Å²) in [7, 11) is -3.93. The van der Waals surface area contributed by atoms with Crippen LogP contribution in [0.15, 0.2) is 63.9 Å². The molecule has 0 bridgehead atoms. The predicted octanol–water partition coefficient (Wildman–Crippen LogP) is 2.63. The van der Waals surface area contributed by atoms with Crippen molar-refractivity contribution < 1.29 is 8.42 Å². The van der Waals surface area contributed by atoms with Gasteiger partial charge in [-0.2, -0.15) is 0 Å². The first kappa shape index (κ1) is 13.4. The molecule has 0 radical (unpaired) electrons. The monoisotopic (exact) mass is 301 g/mol. The minimum absolute atomic E-state index is 0.164. The van der Waals surface area contributed by atoms with Crippen LogP contribution >= 0.6 is 0 Å². The molecule has 0 saturated heterocycles. The zero-order valence-corrected chi connectivity index (χ0v) is 11.6. The van der Waals surface area contributed by atoms with Crippen LogP contribution in [-0.4, -0.2) is 18.4 Å². The number of pyridine rings is 1. The number of nitrogens with zero attached hydrogens (tertiary/aromatic N) is 3. The van der Waals surface area contributed by atoms with E-state index in [9.17, 15) is 8.42 Å². The maximum Gasteiger partial charge on any atom is 0.255 e. The fourth-order valence-corrected chi connectivity index (χ4v) is 2.59. The van der Waals surface area contributed by atoms with Gasteiger partial charge in [0, 0.05) is 17.1 Å². The lowest BCUT2D eigenvalue weighted by Crippen LogP contribution is -2.12. The van der Waals surface area contributed by atoms with Gasteiger partial charge >= 0.3 is 0 Å². The Balaban J connectivity index is 2.19. The molecule has 21 heavy (non-hydrogen) atoms. The number of sulfonamides is 1. The van der Waals surface area contributed by atoms with E-state index in [1.54, 1.807) is 48.7 Å². The van der Waals surface area contributed by atoms with Gasteiger partial charge in [0.05, 0.1) is 0 Å². The van der Waals surface area contributed by atoms with Crippen molar-refractivity contribution in [2.24, 2.45) is 15.4 Å². The van der Waals surface area contributed by atoms with E-state index in [0.29, 0.717) is 16.7 Å². The van der Waals surface area contributed by atoms with Crippen molar-refractivity contribution in [1.29, 1.82) is 0 Å². The van der Waals surface area contributed by atoms with Crippen molar-refractivity contribution >= 4 is 32.4 Å². The van der Waals surface area contributed by atoms with Crippen molar-refractivity contribution in [3.8, 4) is 0 Å². The van der Waals surface area contributed by atoms with Crippen molar-refractivity contribution in [3.63, 3.8) is 0 Å². The number of nitrogens with two attached hydrogens (primary N) is 1. The molecule has 7 nitrogen and oxygen atoms in total. The first-order chi connectivity index (χ1) is 10.1. The lowest BCUT2D eigenvalue weighted by molar-refractivity contribution is 0.595. The Labute approximate surface area is 120 Å². The highest BCUT2D eigenvalue weighted by Crippen LogP contribution is 2.33. The smallest absolute Gasteiger partial charge is 0.255 e. The number of aromatic amines is 1. The molecule has 0 aliphatic carbocycles. The Morgan fingerprint density at radius 3 is 2.52 bits per heavy atom. The maximum atomic E-state index is 11.7. The molecule has 0 amide bonds. The molecule has 3 N–H and O–H groups in total. The summed E-state index contributed by atoms with van der Waals surface area (Å²) in [5, 5.41) is 13.6. The van der Waals surface area contributed by atoms with Gasteiger partial charge in [-0.25, -0.2) is 18.5 Å². The molecule has 106 valence electrons. The quantitative estimate of drug-likeness (QED) is 0.725. The SMILES string of the molecule is NS(=O)(=O)c1[nH]c2ccccc2c1N=Nc1ccccn1. The lowest BCUT2D eigenvalue weighted by atomic mass is 10.2. The van der Waals surface area contributed by atoms with E-state index >= 15 is 0 Å². The summed E-state index contributed by atoms with van der Waals surface area (Å²) in [5.74, 6) is 0.378. The second kappa shape index (κ2) is 5.08. The highest BCUT2D eigenvalue weighted by molar-refractivity contribution is 7.89. The second-order valence-corrected chi connectivity index (χ2v) is 5.78. The molecule has 3 aromatic rings. The van der Waals surface area contributed by atoms with Gasteiger partial charge in [0.1, 0.15) is 5.69 Å². The summed E-state index contributed by atoms with van der Waals surface area (Å²) in [6, 6.07) is 12.2. The van der Waals surface area contributed by atoms with Crippen LogP contribution in [0.1, 0.15) is 0 Å². The Hall–Kier alpha value is -2.58. The average Bonchev–Trinajstić information content (AvgIpc) is 2.85. The van der Waals surface area contributed by atoms with Gasteiger partial charge in [-0.3, -0.25) is 0 Å². The maximum absolute atomic E-state index is 11.7. The minimum Gasteiger partial charge on any atom is -0.343 e.